The number of aromatic nitrogens is 1. The predicted molar refractivity (Wildman–Crippen MR) is 181 cm³/mol. The van der Waals surface area contributed by atoms with Gasteiger partial charge in [0.05, 0.1) is 11.7 Å². The SMILES string of the molecule is CC(C)S[C@H](NC(=O)[C@H](Cc1ccccc1)NC(=O)OCc1ccccc1)C(=O)NC(CC1CCCCC1)[C@@H](O)c1ccccn1. The normalized spacial score (nSPS) is 16.1. The number of hydrogen-bond donors (Lipinski definition) is 4. The second kappa shape index (κ2) is 18.3. The quantitative estimate of drug-likeness (QED) is 0.156. The largest absolute Gasteiger partial charge is 0.445 e. The molecule has 4 N–H and O–H groups in total. The third kappa shape index (κ3) is 11.5. The molecule has 3 aromatic rings. The van der Waals surface area contributed by atoms with Crippen LogP contribution in [-0.2, 0) is 27.4 Å². The fraction of sp³-hybridized carbons (Fsp3) is 0.444. The molecule has 2 aromatic carbocycles. The van der Waals surface area contributed by atoms with E-state index in [9.17, 15) is 19.5 Å². The molecule has 4 atom stereocenters. The van der Waals surface area contributed by atoms with E-state index < -0.39 is 41.5 Å². The van der Waals surface area contributed by atoms with Gasteiger partial charge in [0.25, 0.3) is 5.91 Å². The van der Waals surface area contributed by atoms with Crippen molar-refractivity contribution in [2.24, 2.45) is 5.92 Å². The molecule has 46 heavy (non-hydrogen) atoms. The molecule has 0 bridgehead atoms. The van der Waals surface area contributed by atoms with Gasteiger partial charge >= 0.3 is 6.09 Å². The highest BCUT2D eigenvalue weighted by Crippen LogP contribution is 2.31. The van der Waals surface area contributed by atoms with Crippen LogP contribution in [0.15, 0.2) is 85.1 Å². The maximum absolute atomic E-state index is 13.9. The highest BCUT2D eigenvalue weighted by molar-refractivity contribution is 8.01. The summed E-state index contributed by atoms with van der Waals surface area (Å²) in [6.07, 6.45) is 6.28. The highest BCUT2D eigenvalue weighted by Gasteiger charge is 2.33. The average Bonchev–Trinajstić information content (AvgIpc) is 3.07. The van der Waals surface area contributed by atoms with Crippen molar-refractivity contribution in [3.63, 3.8) is 0 Å². The van der Waals surface area contributed by atoms with Crippen LogP contribution in [0.25, 0.3) is 0 Å². The highest BCUT2D eigenvalue weighted by atomic mass is 32.2. The van der Waals surface area contributed by atoms with Gasteiger partial charge in [0.2, 0.25) is 5.91 Å². The molecule has 1 fully saturated rings. The first kappa shape index (κ1) is 35.0. The van der Waals surface area contributed by atoms with E-state index in [2.05, 4.69) is 20.9 Å². The van der Waals surface area contributed by atoms with Gasteiger partial charge in [0.1, 0.15) is 18.8 Å². The van der Waals surface area contributed by atoms with Crippen molar-refractivity contribution in [3.05, 3.63) is 102 Å². The molecule has 9 nitrogen and oxygen atoms in total. The average molecular weight is 647 g/mol. The topological polar surface area (TPSA) is 130 Å². The van der Waals surface area contributed by atoms with Gasteiger partial charge in [0.15, 0.2) is 5.37 Å². The maximum atomic E-state index is 13.9. The fourth-order valence-corrected chi connectivity index (χ4v) is 6.61. The number of aliphatic hydroxyl groups excluding tert-OH is 1. The van der Waals surface area contributed by atoms with E-state index >= 15 is 0 Å². The molecule has 1 aliphatic rings. The summed E-state index contributed by atoms with van der Waals surface area (Å²) < 4.78 is 5.41. The van der Waals surface area contributed by atoms with Crippen LogP contribution in [0.1, 0.15) is 75.3 Å². The first-order chi connectivity index (χ1) is 22.3. The van der Waals surface area contributed by atoms with E-state index in [0.29, 0.717) is 18.0 Å². The summed E-state index contributed by atoms with van der Waals surface area (Å²) in [4.78, 5) is 44.8. The molecule has 246 valence electrons. The number of ether oxygens (including phenoxy) is 1. The van der Waals surface area contributed by atoms with Crippen molar-refractivity contribution in [2.45, 2.75) is 94.2 Å². The number of carbonyl (C=O) groups is 3. The molecule has 4 rings (SSSR count). The molecule has 0 aliphatic heterocycles. The molecule has 3 amide bonds. The van der Waals surface area contributed by atoms with E-state index in [0.717, 1.165) is 36.8 Å². The van der Waals surface area contributed by atoms with Crippen LogP contribution in [0.5, 0.6) is 0 Å². The van der Waals surface area contributed by atoms with Crippen LogP contribution >= 0.6 is 11.8 Å². The summed E-state index contributed by atoms with van der Waals surface area (Å²) in [5, 5.41) is 19.1. The molecular weight excluding hydrogens is 600 g/mol. The van der Waals surface area contributed by atoms with Crippen LogP contribution in [0.3, 0.4) is 0 Å². The van der Waals surface area contributed by atoms with Crippen LogP contribution in [-0.4, -0.2) is 50.7 Å². The Morgan fingerprint density at radius 1 is 0.848 bits per heavy atom. The number of pyridine rings is 1. The number of benzene rings is 2. The molecule has 0 radical (unpaired) electrons. The molecular formula is C36H46N4O5S. The van der Waals surface area contributed by atoms with E-state index in [-0.39, 0.29) is 18.3 Å². The van der Waals surface area contributed by atoms with Crippen molar-refractivity contribution < 1.29 is 24.2 Å². The first-order valence-electron chi connectivity index (χ1n) is 16.1. The van der Waals surface area contributed by atoms with E-state index in [1.165, 1.54) is 18.2 Å². The molecule has 10 heteroatoms. The third-order valence-electron chi connectivity index (χ3n) is 8.04. The molecule has 1 aromatic heterocycles. The molecule has 1 aliphatic carbocycles. The van der Waals surface area contributed by atoms with Crippen LogP contribution < -0.4 is 16.0 Å². The summed E-state index contributed by atoms with van der Waals surface area (Å²) in [7, 11) is 0. The van der Waals surface area contributed by atoms with Crippen molar-refractivity contribution in [2.75, 3.05) is 0 Å². The number of amides is 3. The predicted octanol–water partition coefficient (Wildman–Crippen LogP) is 5.69. The van der Waals surface area contributed by atoms with Crippen molar-refractivity contribution in [3.8, 4) is 0 Å². The summed E-state index contributed by atoms with van der Waals surface area (Å²) in [5.41, 5.74) is 2.15. The molecule has 1 saturated carbocycles. The number of nitrogens with one attached hydrogen (secondary N) is 3. The number of carbonyl (C=O) groups excluding carboxylic acids is 3. The van der Waals surface area contributed by atoms with Gasteiger partial charge in [-0.15, -0.1) is 11.8 Å². The lowest BCUT2D eigenvalue weighted by Gasteiger charge is -2.31. The van der Waals surface area contributed by atoms with Crippen molar-refractivity contribution in [1.29, 1.82) is 0 Å². The van der Waals surface area contributed by atoms with Gasteiger partial charge in [0, 0.05) is 17.9 Å². The summed E-state index contributed by atoms with van der Waals surface area (Å²) in [6, 6.07) is 22.4. The second-order valence-electron chi connectivity index (χ2n) is 12.1. The van der Waals surface area contributed by atoms with Crippen LogP contribution in [0.2, 0.25) is 0 Å². The van der Waals surface area contributed by atoms with Crippen molar-refractivity contribution >= 4 is 29.7 Å². The zero-order chi connectivity index (χ0) is 32.7. The minimum Gasteiger partial charge on any atom is -0.445 e. The summed E-state index contributed by atoms with van der Waals surface area (Å²) in [5.74, 6) is -0.541. The second-order valence-corrected chi connectivity index (χ2v) is 13.8. The third-order valence-corrected chi connectivity index (χ3v) is 9.18. The van der Waals surface area contributed by atoms with Gasteiger partial charge in [-0.05, 0) is 35.6 Å². The van der Waals surface area contributed by atoms with Gasteiger partial charge in [-0.2, -0.15) is 0 Å². The standard InChI is InChI=1S/C36H46N4O5S/c1-25(2)46-35(34(43)38-30(22-26-14-6-3-7-15-26)32(41)29-20-12-13-21-37-29)40-33(42)31(23-27-16-8-4-9-17-27)39-36(44)45-24-28-18-10-5-11-19-28/h4-5,8-13,16-21,25-26,30-32,35,41H,3,6-7,14-15,22-24H2,1-2H3,(H,38,43)(H,39,44)(H,40,42)/t30?,31-,32-,35-/m0/s1. The van der Waals surface area contributed by atoms with Gasteiger partial charge in [-0.25, -0.2) is 4.79 Å². The molecule has 0 saturated heterocycles. The Hall–Kier alpha value is -3.89. The van der Waals surface area contributed by atoms with E-state index in [1.54, 1.807) is 18.3 Å². The Bertz CT molecular complexity index is 1360. The summed E-state index contributed by atoms with van der Waals surface area (Å²) in [6.45, 7) is 3.95. The minimum atomic E-state index is -1.00. The number of hydrogen-bond acceptors (Lipinski definition) is 7. The van der Waals surface area contributed by atoms with Crippen LogP contribution in [0, 0.1) is 5.92 Å². The number of alkyl carbamates (subject to hydrolysis) is 1. The van der Waals surface area contributed by atoms with Gasteiger partial charge in [-0.1, -0.05) is 113 Å². The van der Waals surface area contributed by atoms with E-state index in [1.807, 2.05) is 80.6 Å². The Morgan fingerprint density at radius 2 is 1.50 bits per heavy atom. The molecule has 1 heterocycles. The number of thioether (sulfide) groups is 1. The maximum Gasteiger partial charge on any atom is 0.408 e. The zero-order valence-corrected chi connectivity index (χ0v) is 27.5. The smallest absolute Gasteiger partial charge is 0.408 e. The van der Waals surface area contributed by atoms with E-state index in [4.69, 9.17) is 4.74 Å². The Labute approximate surface area is 276 Å². The Morgan fingerprint density at radius 3 is 2.13 bits per heavy atom. The lowest BCUT2D eigenvalue weighted by Crippen LogP contribution is -2.55. The Kier molecular flexibility index (Phi) is 13.9. The number of nitrogens with zero attached hydrogens (tertiary/aromatic N) is 1. The Balaban J connectivity index is 1.48. The number of aliphatic hydroxyl groups is 1. The molecule has 0 spiro atoms. The summed E-state index contributed by atoms with van der Waals surface area (Å²) >= 11 is 1.30. The zero-order valence-electron chi connectivity index (χ0n) is 26.6. The van der Waals surface area contributed by atoms with Crippen LogP contribution in [0.4, 0.5) is 4.79 Å². The van der Waals surface area contributed by atoms with Gasteiger partial charge < -0.3 is 25.8 Å². The first-order valence-corrected chi connectivity index (χ1v) is 17.1. The lowest BCUT2D eigenvalue weighted by atomic mass is 9.83. The molecule has 1 unspecified atom stereocenters. The number of rotatable bonds is 15. The van der Waals surface area contributed by atoms with Crippen molar-refractivity contribution in [1.82, 2.24) is 20.9 Å². The lowest BCUT2D eigenvalue weighted by molar-refractivity contribution is -0.128. The monoisotopic (exact) mass is 646 g/mol. The fourth-order valence-electron chi connectivity index (χ4n) is 5.69. The minimum absolute atomic E-state index is 0.00456. The van der Waals surface area contributed by atoms with Gasteiger partial charge in [-0.3, -0.25) is 14.6 Å².